The van der Waals surface area contributed by atoms with Gasteiger partial charge in [-0.05, 0) is 18.2 Å². The Hall–Kier alpha value is -2.49. The molecule has 1 aromatic carbocycles. The first kappa shape index (κ1) is 18.9. The third-order valence-corrected chi connectivity index (χ3v) is 5.94. The van der Waals surface area contributed by atoms with E-state index >= 15 is 0 Å². The van der Waals surface area contributed by atoms with Crippen molar-refractivity contribution >= 4 is 40.9 Å². The minimum Gasteiger partial charge on any atom is -0.383 e. The van der Waals surface area contributed by atoms with Crippen LogP contribution in [-0.2, 0) is 29.5 Å². The van der Waals surface area contributed by atoms with E-state index in [1.54, 1.807) is 18.2 Å². The second kappa shape index (κ2) is 6.54. The summed E-state index contributed by atoms with van der Waals surface area (Å²) in [7, 11) is 1.47. The summed E-state index contributed by atoms with van der Waals surface area (Å²) >= 11 is 6.14. The number of halogens is 1. The average Bonchev–Trinajstić information content (AvgIpc) is 3.19. The van der Waals surface area contributed by atoms with Gasteiger partial charge in [-0.2, -0.15) is 0 Å². The Morgan fingerprint density at radius 3 is 2.75 bits per heavy atom. The first-order valence-corrected chi connectivity index (χ1v) is 9.20. The van der Waals surface area contributed by atoms with Crippen LogP contribution >= 0.6 is 11.6 Å². The highest BCUT2D eigenvalue weighted by Gasteiger charge is 2.70. The van der Waals surface area contributed by atoms with Crippen LogP contribution in [0.15, 0.2) is 18.2 Å². The predicted octanol–water partition coefficient (Wildman–Crippen LogP) is -0.418. The molecule has 2 unspecified atom stereocenters. The van der Waals surface area contributed by atoms with E-state index in [0.29, 0.717) is 16.3 Å². The first-order chi connectivity index (χ1) is 13.3. The van der Waals surface area contributed by atoms with Crippen LogP contribution < -0.4 is 16.4 Å². The number of nitrogens with two attached hydrogens (primary N) is 1. The zero-order valence-corrected chi connectivity index (χ0v) is 15.8. The van der Waals surface area contributed by atoms with Crippen LogP contribution in [0.1, 0.15) is 12.0 Å². The predicted molar refractivity (Wildman–Crippen MR) is 98.1 cm³/mol. The second-order valence-electron chi connectivity index (χ2n) is 7.20. The molecule has 2 saturated heterocycles. The van der Waals surface area contributed by atoms with Crippen LogP contribution in [-0.4, -0.2) is 54.8 Å². The van der Waals surface area contributed by atoms with Crippen molar-refractivity contribution in [3.8, 4) is 0 Å². The zero-order valence-electron chi connectivity index (χ0n) is 15.0. The second-order valence-corrected chi connectivity index (χ2v) is 7.63. The molecule has 4 N–H and O–H groups in total. The number of carbonyl (C=O) groups excluding carboxylic acids is 4. The summed E-state index contributed by atoms with van der Waals surface area (Å²) in [6.45, 7) is 0.247. The summed E-state index contributed by atoms with van der Waals surface area (Å²) in [6.07, 6.45) is -0.177. The van der Waals surface area contributed by atoms with Crippen molar-refractivity contribution in [3.05, 3.63) is 28.8 Å². The fourth-order valence-electron chi connectivity index (χ4n) is 4.63. The van der Waals surface area contributed by atoms with E-state index in [2.05, 4.69) is 10.6 Å². The van der Waals surface area contributed by atoms with Gasteiger partial charge in [-0.25, -0.2) is 0 Å². The molecule has 0 saturated carbocycles. The highest BCUT2D eigenvalue weighted by molar-refractivity contribution is 6.31. The number of ether oxygens (including phenoxy) is 1. The lowest BCUT2D eigenvalue weighted by molar-refractivity contribution is -0.143. The third kappa shape index (κ3) is 2.47. The molecule has 3 aliphatic rings. The van der Waals surface area contributed by atoms with E-state index in [9.17, 15) is 19.2 Å². The lowest BCUT2D eigenvalue weighted by Gasteiger charge is -2.29. The number of fused-ring (bicyclic) bond motifs is 4. The topological polar surface area (TPSA) is 131 Å². The van der Waals surface area contributed by atoms with Crippen molar-refractivity contribution in [1.82, 2.24) is 10.2 Å². The molecule has 0 radical (unpaired) electrons. The number of hydrogen-bond donors (Lipinski definition) is 3. The van der Waals surface area contributed by atoms with Crippen molar-refractivity contribution in [2.24, 2.45) is 17.6 Å². The standard InChI is InChI=1S/C18H19ClN4O5/c1-28-5-4-23-15(25)13-11(7-12(20)24)22-18(14(13)16(23)26)9-6-8(19)2-3-10(9)21-17(18)27/h2-3,6,11,13-14,22H,4-5,7H2,1H3,(H2,20,24)(H,21,27)/t11?,13-,14+,18?/m1/s1. The molecular formula is C18H19ClN4O5. The number of hydrogen-bond acceptors (Lipinski definition) is 6. The summed E-state index contributed by atoms with van der Waals surface area (Å²) in [6, 6.07) is 4.12. The molecule has 148 valence electrons. The third-order valence-electron chi connectivity index (χ3n) is 5.71. The van der Waals surface area contributed by atoms with Gasteiger partial charge in [0, 0.05) is 35.8 Å². The van der Waals surface area contributed by atoms with Gasteiger partial charge in [-0.3, -0.25) is 29.4 Å². The molecule has 4 amide bonds. The van der Waals surface area contributed by atoms with Gasteiger partial charge in [-0.1, -0.05) is 11.6 Å². The van der Waals surface area contributed by atoms with E-state index in [1.807, 2.05) is 0 Å². The minimum absolute atomic E-state index is 0.0740. The van der Waals surface area contributed by atoms with Crippen LogP contribution in [0.4, 0.5) is 5.69 Å². The molecule has 4 rings (SSSR count). The molecule has 0 bridgehead atoms. The van der Waals surface area contributed by atoms with Crippen molar-refractivity contribution in [2.45, 2.75) is 18.0 Å². The molecule has 1 spiro atoms. The number of imide groups is 1. The fourth-order valence-corrected chi connectivity index (χ4v) is 4.80. The van der Waals surface area contributed by atoms with Crippen molar-refractivity contribution < 1.29 is 23.9 Å². The SMILES string of the molecule is COCCN1C(=O)[C@@H]2C(CC(N)=O)NC3(C(=O)Nc4ccc(Cl)cc43)[C@@H]2C1=O. The summed E-state index contributed by atoms with van der Waals surface area (Å²) in [4.78, 5) is 52.0. The molecule has 3 aliphatic heterocycles. The van der Waals surface area contributed by atoms with Crippen LogP contribution in [0.3, 0.4) is 0 Å². The normalized spacial score (nSPS) is 30.7. The van der Waals surface area contributed by atoms with E-state index in [1.165, 1.54) is 7.11 Å². The van der Waals surface area contributed by atoms with Crippen LogP contribution in [0.5, 0.6) is 0 Å². The van der Waals surface area contributed by atoms with Crippen molar-refractivity contribution in [2.75, 3.05) is 25.6 Å². The van der Waals surface area contributed by atoms with Crippen molar-refractivity contribution in [3.63, 3.8) is 0 Å². The molecule has 3 heterocycles. The van der Waals surface area contributed by atoms with Crippen molar-refractivity contribution in [1.29, 1.82) is 0 Å². The molecular weight excluding hydrogens is 388 g/mol. The van der Waals surface area contributed by atoms with Crippen LogP contribution in [0.25, 0.3) is 0 Å². The number of rotatable bonds is 5. The number of carbonyl (C=O) groups is 4. The van der Waals surface area contributed by atoms with Gasteiger partial charge < -0.3 is 15.8 Å². The highest BCUT2D eigenvalue weighted by Crippen LogP contribution is 2.53. The molecule has 10 heteroatoms. The molecule has 28 heavy (non-hydrogen) atoms. The minimum atomic E-state index is -1.49. The molecule has 0 aromatic heterocycles. The van der Waals surface area contributed by atoms with Gasteiger partial charge in [0.15, 0.2) is 0 Å². The smallest absolute Gasteiger partial charge is 0.250 e. The number of anilines is 1. The lowest BCUT2D eigenvalue weighted by Crippen LogP contribution is -2.53. The van der Waals surface area contributed by atoms with E-state index in [-0.39, 0.29) is 19.6 Å². The van der Waals surface area contributed by atoms with Crippen LogP contribution in [0.2, 0.25) is 5.02 Å². The number of methoxy groups -OCH3 is 1. The van der Waals surface area contributed by atoms with E-state index in [4.69, 9.17) is 22.1 Å². The number of likely N-dealkylation sites (tertiary alicyclic amines) is 1. The van der Waals surface area contributed by atoms with Gasteiger partial charge >= 0.3 is 0 Å². The highest BCUT2D eigenvalue weighted by atomic mass is 35.5. The van der Waals surface area contributed by atoms with Gasteiger partial charge in [0.05, 0.1) is 25.0 Å². The monoisotopic (exact) mass is 406 g/mol. The Kier molecular flexibility index (Phi) is 4.40. The molecule has 4 atom stereocenters. The Bertz CT molecular complexity index is 906. The Labute approximate surface area is 165 Å². The van der Waals surface area contributed by atoms with E-state index in [0.717, 1.165) is 4.90 Å². The van der Waals surface area contributed by atoms with Gasteiger partial charge in [0.2, 0.25) is 23.6 Å². The maximum absolute atomic E-state index is 13.2. The first-order valence-electron chi connectivity index (χ1n) is 8.83. The lowest BCUT2D eigenvalue weighted by atomic mass is 9.76. The number of nitrogens with zero attached hydrogens (tertiary/aromatic N) is 1. The van der Waals surface area contributed by atoms with Gasteiger partial charge in [0.25, 0.3) is 0 Å². The Balaban J connectivity index is 1.85. The van der Waals surface area contributed by atoms with Crippen LogP contribution in [0, 0.1) is 11.8 Å². The zero-order chi connectivity index (χ0) is 20.2. The summed E-state index contributed by atoms with van der Waals surface area (Å²) in [5, 5.41) is 6.24. The number of benzene rings is 1. The summed E-state index contributed by atoms with van der Waals surface area (Å²) in [5.74, 6) is -3.89. The van der Waals surface area contributed by atoms with E-state index < -0.39 is 47.0 Å². The quantitative estimate of drug-likeness (QED) is 0.569. The summed E-state index contributed by atoms with van der Waals surface area (Å²) in [5.41, 5.74) is 4.87. The average molecular weight is 407 g/mol. The fraction of sp³-hybridized carbons (Fsp3) is 0.444. The number of amides is 4. The number of primary amides is 1. The maximum atomic E-state index is 13.2. The van der Waals surface area contributed by atoms with Gasteiger partial charge in [-0.15, -0.1) is 0 Å². The number of nitrogens with one attached hydrogen (secondary N) is 2. The molecule has 2 fully saturated rings. The van der Waals surface area contributed by atoms with Gasteiger partial charge in [0.1, 0.15) is 5.54 Å². The largest absolute Gasteiger partial charge is 0.383 e. The summed E-state index contributed by atoms with van der Waals surface area (Å²) < 4.78 is 4.99. The maximum Gasteiger partial charge on any atom is 0.250 e. The molecule has 9 nitrogen and oxygen atoms in total. The Morgan fingerprint density at radius 1 is 1.32 bits per heavy atom. The Morgan fingerprint density at radius 2 is 2.07 bits per heavy atom. The molecule has 0 aliphatic carbocycles. The molecule has 1 aromatic rings.